The third-order valence-electron chi connectivity index (χ3n) is 5.34. The van der Waals surface area contributed by atoms with Crippen molar-refractivity contribution in [2.75, 3.05) is 6.61 Å². The fraction of sp³-hybridized carbons (Fsp3) is 0.364. The van der Waals surface area contributed by atoms with Crippen molar-refractivity contribution in [2.24, 2.45) is 0 Å². The molecule has 7 nitrogen and oxygen atoms in total. The number of amides is 2. The number of hydrogen-bond donors (Lipinski definition) is 0. The second kappa shape index (κ2) is 7.66. The molecule has 0 saturated carbocycles. The summed E-state index contributed by atoms with van der Waals surface area (Å²) in [6.45, 7) is 9.27. The molecule has 1 unspecified atom stereocenters. The third kappa shape index (κ3) is 3.48. The highest BCUT2D eigenvalue weighted by atomic mass is 16.5. The number of fused-ring (bicyclic) bond motifs is 1. The van der Waals surface area contributed by atoms with E-state index in [2.05, 4.69) is 0 Å². The van der Waals surface area contributed by atoms with Gasteiger partial charge in [-0.1, -0.05) is 11.6 Å². The van der Waals surface area contributed by atoms with Crippen molar-refractivity contribution in [3.8, 4) is 0 Å². The molecule has 1 aromatic heterocycles. The number of nitrogens with zero attached hydrogens (tertiary/aromatic N) is 2. The highest BCUT2D eigenvalue weighted by Gasteiger charge is 2.41. The zero-order valence-corrected chi connectivity index (χ0v) is 17.2. The number of carbonyl (C=O) groups is 4. The lowest BCUT2D eigenvalue weighted by molar-refractivity contribution is -0.146. The molecule has 1 aliphatic heterocycles. The standard InChI is InChI=1S/C22H24N2O5/c1-6-23-13(3)10-17(14(23)4)19(25)11-29-22(28)15(5)24-20(26)16-8-7-12(2)9-18(16)21(24)27/h7-10,15H,6,11H2,1-5H3. The van der Waals surface area contributed by atoms with Crippen LogP contribution in [0.25, 0.3) is 0 Å². The Balaban J connectivity index is 1.69. The Morgan fingerprint density at radius 1 is 1.03 bits per heavy atom. The fourth-order valence-corrected chi connectivity index (χ4v) is 3.74. The molecular formula is C22H24N2O5. The summed E-state index contributed by atoms with van der Waals surface area (Å²) in [6, 6.07) is 5.59. The number of carbonyl (C=O) groups excluding carboxylic acids is 4. The number of benzene rings is 1. The van der Waals surface area contributed by atoms with Gasteiger partial charge in [-0.15, -0.1) is 0 Å². The molecule has 0 fully saturated rings. The van der Waals surface area contributed by atoms with E-state index in [4.69, 9.17) is 4.74 Å². The van der Waals surface area contributed by atoms with Crippen molar-refractivity contribution in [3.05, 3.63) is 57.9 Å². The van der Waals surface area contributed by atoms with Gasteiger partial charge in [0.2, 0.25) is 5.78 Å². The Kier molecular flexibility index (Phi) is 5.42. The average Bonchev–Trinajstić information content (AvgIpc) is 3.11. The van der Waals surface area contributed by atoms with Gasteiger partial charge in [-0.3, -0.25) is 19.3 Å². The van der Waals surface area contributed by atoms with Crippen LogP contribution >= 0.6 is 0 Å². The minimum absolute atomic E-state index is 0.267. The lowest BCUT2D eigenvalue weighted by atomic mass is 10.1. The fourth-order valence-electron chi connectivity index (χ4n) is 3.74. The van der Waals surface area contributed by atoms with E-state index in [9.17, 15) is 19.2 Å². The summed E-state index contributed by atoms with van der Waals surface area (Å²) < 4.78 is 7.14. The number of hydrogen-bond acceptors (Lipinski definition) is 5. The summed E-state index contributed by atoms with van der Waals surface area (Å²) in [5, 5.41) is 0. The van der Waals surface area contributed by atoms with Crippen molar-refractivity contribution in [1.29, 1.82) is 0 Å². The monoisotopic (exact) mass is 396 g/mol. The summed E-state index contributed by atoms with van der Waals surface area (Å²) >= 11 is 0. The van der Waals surface area contributed by atoms with E-state index in [1.807, 2.05) is 32.3 Å². The van der Waals surface area contributed by atoms with Gasteiger partial charge in [0.1, 0.15) is 6.04 Å². The second-order valence-corrected chi connectivity index (χ2v) is 7.27. The SMILES string of the molecule is CCn1c(C)cc(C(=O)COC(=O)C(C)N2C(=O)c3ccc(C)cc3C2=O)c1C. The Hall–Kier alpha value is -3.22. The molecule has 152 valence electrons. The molecule has 0 saturated heterocycles. The molecule has 0 radical (unpaired) electrons. The first-order valence-electron chi connectivity index (χ1n) is 9.52. The summed E-state index contributed by atoms with van der Waals surface area (Å²) in [4.78, 5) is 51.0. The Bertz CT molecular complexity index is 1030. The predicted octanol–water partition coefficient (Wildman–Crippen LogP) is 2.84. The molecule has 1 atom stereocenters. The van der Waals surface area contributed by atoms with Crippen molar-refractivity contribution in [1.82, 2.24) is 9.47 Å². The lowest BCUT2D eigenvalue weighted by Gasteiger charge is -2.20. The number of Topliss-reactive ketones (excluding diaryl/α,β-unsaturated/α-hetero) is 1. The molecule has 2 heterocycles. The van der Waals surface area contributed by atoms with E-state index in [0.29, 0.717) is 5.56 Å². The molecule has 0 aliphatic carbocycles. The normalized spacial score (nSPS) is 14.2. The van der Waals surface area contributed by atoms with E-state index < -0.39 is 30.4 Å². The molecular weight excluding hydrogens is 372 g/mol. The summed E-state index contributed by atoms with van der Waals surface area (Å²) in [7, 11) is 0. The first kappa shape index (κ1) is 20.5. The van der Waals surface area contributed by atoms with Crippen molar-refractivity contribution in [3.63, 3.8) is 0 Å². The van der Waals surface area contributed by atoms with Crippen LogP contribution in [0.15, 0.2) is 24.3 Å². The van der Waals surface area contributed by atoms with Gasteiger partial charge in [0, 0.05) is 23.5 Å². The van der Waals surface area contributed by atoms with Crippen molar-refractivity contribution in [2.45, 2.75) is 47.2 Å². The number of aryl methyl sites for hydroxylation is 2. The Labute approximate surface area is 169 Å². The zero-order chi connectivity index (χ0) is 21.5. The zero-order valence-electron chi connectivity index (χ0n) is 17.2. The number of ether oxygens (including phenoxy) is 1. The van der Waals surface area contributed by atoms with E-state index in [1.54, 1.807) is 24.3 Å². The highest BCUT2D eigenvalue weighted by molar-refractivity contribution is 6.22. The van der Waals surface area contributed by atoms with Gasteiger partial charge in [0.25, 0.3) is 11.8 Å². The molecule has 2 amide bonds. The summed E-state index contributed by atoms with van der Waals surface area (Å²) in [6.07, 6.45) is 0. The smallest absolute Gasteiger partial charge is 0.329 e. The second-order valence-electron chi connectivity index (χ2n) is 7.27. The van der Waals surface area contributed by atoms with Crippen LogP contribution in [0, 0.1) is 20.8 Å². The van der Waals surface area contributed by atoms with Crippen LogP contribution in [0.5, 0.6) is 0 Å². The molecule has 7 heteroatoms. The minimum Gasteiger partial charge on any atom is -0.456 e. The summed E-state index contributed by atoms with van der Waals surface area (Å²) in [5.41, 5.74) is 3.66. The van der Waals surface area contributed by atoms with Crippen LogP contribution in [0.1, 0.15) is 61.9 Å². The van der Waals surface area contributed by atoms with Crippen LogP contribution in [0.2, 0.25) is 0 Å². The van der Waals surface area contributed by atoms with Gasteiger partial charge in [-0.25, -0.2) is 4.79 Å². The van der Waals surface area contributed by atoms with Gasteiger partial charge in [0.15, 0.2) is 6.61 Å². The number of esters is 1. The number of aromatic nitrogens is 1. The average molecular weight is 396 g/mol. The maximum atomic E-state index is 12.6. The molecule has 2 aromatic rings. The predicted molar refractivity (Wildman–Crippen MR) is 106 cm³/mol. The van der Waals surface area contributed by atoms with Crippen molar-refractivity contribution < 1.29 is 23.9 Å². The van der Waals surface area contributed by atoms with E-state index in [0.717, 1.165) is 28.4 Å². The minimum atomic E-state index is -1.13. The van der Waals surface area contributed by atoms with Gasteiger partial charge in [0.05, 0.1) is 11.1 Å². The first-order chi connectivity index (χ1) is 13.7. The molecule has 3 rings (SSSR count). The highest BCUT2D eigenvalue weighted by Crippen LogP contribution is 2.26. The summed E-state index contributed by atoms with van der Waals surface area (Å²) in [5.74, 6) is -2.19. The van der Waals surface area contributed by atoms with Crippen molar-refractivity contribution >= 4 is 23.6 Å². The van der Waals surface area contributed by atoms with E-state index in [-0.39, 0.29) is 16.9 Å². The molecule has 0 N–H and O–H groups in total. The van der Waals surface area contributed by atoms with Gasteiger partial charge in [-0.05, 0) is 52.8 Å². The maximum Gasteiger partial charge on any atom is 0.329 e. The Morgan fingerprint density at radius 2 is 1.69 bits per heavy atom. The van der Waals surface area contributed by atoms with Crippen LogP contribution in [-0.4, -0.2) is 45.7 Å². The number of rotatable bonds is 6. The molecule has 1 aromatic carbocycles. The van der Waals surface area contributed by atoms with Crippen LogP contribution in [-0.2, 0) is 16.1 Å². The van der Waals surface area contributed by atoms with E-state index >= 15 is 0 Å². The van der Waals surface area contributed by atoms with Gasteiger partial charge in [-0.2, -0.15) is 0 Å². The molecule has 0 spiro atoms. The number of imide groups is 1. The first-order valence-corrected chi connectivity index (χ1v) is 9.52. The maximum absolute atomic E-state index is 12.6. The third-order valence-corrected chi connectivity index (χ3v) is 5.34. The number of ketones is 1. The van der Waals surface area contributed by atoms with Crippen LogP contribution in [0.3, 0.4) is 0 Å². The Morgan fingerprint density at radius 3 is 2.31 bits per heavy atom. The lowest BCUT2D eigenvalue weighted by Crippen LogP contribution is -2.44. The molecule has 0 bridgehead atoms. The topological polar surface area (TPSA) is 85.7 Å². The van der Waals surface area contributed by atoms with Crippen LogP contribution < -0.4 is 0 Å². The molecule has 1 aliphatic rings. The van der Waals surface area contributed by atoms with Gasteiger partial charge >= 0.3 is 5.97 Å². The largest absolute Gasteiger partial charge is 0.456 e. The molecule has 29 heavy (non-hydrogen) atoms. The quantitative estimate of drug-likeness (QED) is 0.426. The van der Waals surface area contributed by atoms with E-state index in [1.165, 1.54) is 6.92 Å². The van der Waals surface area contributed by atoms with Gasteiger partial charge < -0.3 is 9.30 Å². The van der Waals surface area contributed by atoms with Crippen LogP contribution in [0.4, 0.5) is 0 Å².